The average molecular weight is 951 g/mol. The van der Waals surface area contributed by atoms with Crippen molar-refractivity contribution in [3.8, 4) is 22.3 Å². The van der Waals surface area contributed by atoms with Gasteiger partial charge in [-0.1, -0.05) is 60.1 Å². The van der Waals surface area contributed by atoms with Crippen molar-refractivity contribution >= 4 is 22.4 Å². The molecule has 0 heterocycles. The number of alkyl halides is 26. The Morgan fingerprint density at radius 1 is 0.295 bits per heavy atom. The van der Waals surface area contributed by atoms with Gasteiger partial charge in [0.25, 0.3) is 0 Å². The van der Waals surface area contributed by atoms with Gasteiger partial charge in [0.15, 0.2) is 0 Å². The van der Waals surface area contributed by atoms with Crippen molar-refractivity contribution in [3.63, 3.8) is 0 Å². The van der Waals surface area contributed by atoms with Crippen molar-refractivity contribution in [2.75, 3.05) is 0 Å². The van der Waals surface area contributed by atoms with Crippen molar-refractivity contribution in [3.05, 3.63) is 95.0 Å². The smallest absolute Gasteiger partial charge is 0.194 e. The zero-order chi connectivity index (χ0) is 47.4. The maximum atomic E-state index is 15.4. The van der Waals surface area contributed by atoms with Crippen LogP contribution in [0.1, 0.15) is 11.1 Å². The Labute approximate surface area is 325 Å². The minimum Gasteiger partial charge on any atom is -0.194 e. The van der Waals surface area contributed by atoms with Gasteiger partial charge in [0.2, 0.25) is 0 Å². The van der Waals surface area contributed by atoms with Crippen molar-refractivity contribution in [2.24, 2.45) is 0 Å². The fourth-order valence-electron chi connectivity index (χ4n) is 5.44. The fraction of sp³-hybridized carbons (Fsp3) is 0.353. The average Bonchev–Trinajstić information content (AvgIpc) is 3.13. The third-order valence-electron chi connectivity index (χ3n) is 8.90. The molecule has 0 amide bonds. The summed E-state index contributed by atoms with van der Waals surface area (Å²) in [4.78, 5) is 0. The van der Waals surface area contributed by atoms with Gasteiger partial charge >= 0.3 is 71.6 Å². The number of benzene rings is 4. The van der Waals surface area contributed by atoms with Crippen molar-refractivity contribution in [1.82, 2.24) is 0 Å². The summed E-state index contributed by atoms with van der Waals surface area (Å²) in [6.45, 7) is 0. The van der Waals surface area contributed by atoms with Crippen LogP contribution in [0.25, 0.3) is 33.0 Å². The largest absolute Gasteiger partial charge is 0.460 e. The first kappa shape index (κ1) is 49.3. The van der Waals surface area contributed by atoms with Gasteiger partial charge in [-0.05, 0) is 58.0 Å². The molecular formula is C34H13ClF26. The van der Waals surface area contributed by atoms with E-state index in [0.717, 1.165) is 18.2 Å². The van der Waals surface area contributed by atoms with E-state index in [1.54, 1.807) is 0 Å². The number of hydrogen-bond acceptors (Lipinski definition) is 0. The van der Waals surface area contributed by atoms with Crippen LogP contribution in [0, 0.1) is 0 Å². The monoisotopic (exact) mass is 950 g/mol. The lowest BCUT2D eigenvalue weighted by Gasteiger charge is -2.41. The Bertz CT molecular complexity index is 2190. The molecule has 61 heavy (non-hydrogen) atoms. The zero-order valence-corrected chi connectivity index (χ0v) is 29.0. The molecule has 0 saturated carbocycles. The molecule has 0 aliphatic heterocycles. The van der Waals surface area contributed by atoms with E-state index in [1.165, 1.54) is 30.3 Å². The summed E-state index contributed by atoms with van der Waals surface area (Å²) in [6, 6.07) is 7.10. The first-order valence-corrected chi connectivity index (χ1v) is 15.8. The SMILES string of the molecule is FC(F)(F)C(F)(F)C(F)(F)C(F)(F)C(F)(F)C(F)(F)c1cc(-c2cccc(-c3ccc(Cl)c4ccccc34)c2)cc(C(F)(F)C(F)(F)C(F)(F)C(F)(F)C(F)(F)C(F)(F)F)c1. The van der Waals surface area contributed by atoms with Crippen LogP contribution in [-0.4, -0.2) is 59.7 Å². The molecule has 0 radical (unpaired) electrons. The molecule has 0 bridgehead atoms. The lowest BCUT2D eigenvalue weighted by atomic mass is 9.85. The zero-order valence-electron chi connectivity index (χ0n) is 28.2. The normalized spacial score (nSPS) is 15.1. The summed E-state index contributed by atoms with van der Waals surface area (Å²) in [5, 5.41) is 0.393. The van der Waals surface area contributed by atoms with E-state index in [2.05, 4.69) is 0 Å². The highest BCUT2D eigenvalue weighted by Gasteiger charge is 2.92. The second-order valence-electron chi connectivity index (χ2n) is 12.8. The molecule has 0 fully saturated rings. The van der Waals surface area contributed by atoms with Gasteiger partial charge in [-0.2, -0.15) is 114 Å². The van der Waals surface area contributed by atoms with Gasteiger partial charge in [-0.15, -0.1) is 0 Å². The highest BCUT2D eigenvalue weighted by atomic mass is 35.5. The Balaban J connectivity index is 2.09. The first-order valence-electron chi connectivity index (χ1n) is 15.4. The third kappa shape index (κ3) is 6.95. The molecular weight excluding hydrogens is 938 g/mol. The van der Waals surface area contributed by atoms with Crippen LogP contribution in [0.3, 0.4) is 0 Å². The van der Waals surface area contributed by atoms with Crippen LogP contribution in [-0.2, 0) is 11.8 Å². The molecule has 0 saturated heterocycles. The minimum atomic E-state index is -8.70. The highest BCUT2D eigenvalue weighted by molar-refractivity contribution is 6.36. The van der Waals surface area contributed by atoms with Crippen molar-refractivity contribution in [1.29, 1.82) is 0 Å². The molecule has 0 spiro atoms. The molecule has 0 unspecified atom stereocenters. The van der Waals surface area contributed by atoms with Crippen LogP contribution in [0.15, 0.2) is 78.9 Å². The van der Waals surface area contributed by atoms with Crippen molar-refractivity contribution in [2.45, 2.75) is 71.6 Å². The van der Waals surface area contributed by atoms with Gasteiger partial charge in [-0.25, -0.2) is 0 Å². The van der Waals surface area contributed by atoms with Gasteiger partial charge in [0.1, 0.15) is 0 Å². The predicted molar refractivity (Wildman–Crippen MR) is 159 cm³/mol. The van der Waals surface area contributed by atoms with Gasteiger partial charge < -0.3 is 0 Å². The number of halogens is 27. The van der Waals surface area contributed by atoms with E-state index in [9.17, 15) is 96.6 Å². The standard InChI is InChI=1S/C34H13ClF26/c35-22-9-8-19(20-6-1-2-7-21(20)22)15-5-3-4-14(10-15)16-11-17(23(36,37)25(40,41)27(44,45)29(48,49)31(52,53)33(56,57)58)13-18(12-16)24(38,39)26(42,43)28(46,47)30(50,51)32(54,55)34(59,60)61/h1-13H. The van der Waals surface area contributed by atoms with Crippen LogP contribution in [0.4, 0.5) is 114 Å². The Morgan fingerprint density at radius 2 is 0.656 bits per heavy atom. The third-order valence-corrected chi connectivity index (χ3v) is 9.23. The Hall–Kier alpha value is -4.39. The van der Waals surface area contributed by atoms with Crippen LogP contribution in [0.2, 0.25) is 5.02 Å². The molecule has 338 valence electrons. The topological polar surface area (TPSA) is 0 Å². The summed E-state index contributed by atoms with van der Waals surface area (Å²) in [5.74, 6) is -83.6. The first-order chi connectivity index (χ1) is 27.0. The predicted octanol–water partition coefficient (Wildman–Crippen LogP) is 15.2. The van der Waals surface area contributed by atoms with E-state index in [-0.39, 0.29) is 26.9 Å². The maximum absolute atomic E-state index is 15.4. The summed E-state index contributed by atoms with van der Waals surface area (Å²) in [7, 11) is 0. The summed E-state index contributed by atoms with van der Waals surface area (Å²) < 4.78 is 365. The van der Waals surface area contributed by atoms with Crippen LogP contribution >= 0.6 is 11.6 Å². The van der Waals surface area contributed by atoms with E-state index in [0.29, 0.717) is 12.1 Å². The lowest BCUT2D eigenvalue weighted by Crippen LogP contribution is -2.69. The Kier molecular flexibility index (Phi) is 11.6. The molecule has 0 aliphatic carbocycles. The van der Waals surface area contributed by atoms with Crippen LogP contribution in [0.5, 0.6) is 0 Å². The maximum Gasteiger partial charge on any atom is 0.460 e. The number of rotatable bonds is 12. The second-order valence-corrected chi connectivity index (χ2v) is 13.2. The highest BCUT2D eigenvalue weighted by Crippen LogP contribution is 2.65. The second kappa shape index (κ2) is 14.3. The number of fused-ring (bicyclic) bond motifs is 1. The molecule has 0 aliphatic rings. The van der Waals surface area contributed by atoms with E-state index >= 15 is 17.6 Å². The van der Waals surface area contributed by atoms with E-state index in [4.69, 9.17) is 11.6 Å². The van der Waals surface area contributed by atoms with E-state index < -0.39 is 112 Å². The molecule has 27 heteroatoms. The summed E-state index contributed by atoms with van der Waals surface area (Å²) in [6.07, 6.45) is -15.9. The van der Waals surface area contributed by atoms with Gasteiger partial charge in [0.05, 0.1) is 0 Å². The fourth-order valence-corrected chi connectivity index (χ4v) is 5.67. The van der Waals surface area contributed by atoms with Crippen molar-refractivity contribution < 1.29 is 114 Å². The molecule has 0 N–H and O–H groups in total. The summed E-state index contributed by atoms with van der Waals surface area (Å²) in [5.41, 5.74) is -10.5. The summed E-state index contributed by atoms with van der Waals surface area (Å²) >= 11 is 6.09. The molecule has 4 aromatic carbocycles. The molecule has 0 nitrogen and oxygen atoms in total. The minimum absolute atomic E-state index is 0.0214. The van der Waals surface area contributed by atoms with Crippen LogP contribution < -0.4 is 0 Å². The Morgan fingerprint density at radius 3 is 1.05 bits per heavy atom. The number of hydrogen-bond donors (Lipinski definition) is 0. The quantitative estimate of drug-likeness (QED) is 0.124. The van der Waals surface area contributed by atoms with E-state index in [1.807, 2.05) is 0 Å². The van der Waals surface area contributed by atoms with Gasteiger partial charge in [-0.3, -0.25) is 0 Å². The molecule has 0 atom stereocenters. The molecule has 4 aromatic rings. The van der Waals surface area contributed by atoms with Gasteiger partial charge in [0, 0.05) is 21.5 Å². The molecule has 0 aromatic heterocycles. The molecule has 4 rings (SSSR count). The lowest BCUT2D eigenvalue weighted by molar-refractivity contribution is -0.442.